The predicted molar refractivity (Wildman–Crippen MR) is 80.7 cm³/mol. The van der Waals surface area contributed by atoms with E-state index in [2.05, 4.69) is 10.3 Å². The molecule has 1 aromatic carbocycles. The maximum absolute atomic E-state index is 11.8. The van der Waals surface area contributed by atoms with Crippen LogP contribution in [0.15, 0.2) is 57.0 Å². The Balaban J connectivity index is 1.83. The van der Waals surface area contributed by atoms with Crippen LogP contribution in [-0.4, -0.2) is 11.1 Å². The molecule has 1 aliphatic heterocycles. The molecule has 1 fully saturated rings. The summed E-state index contributed by atoms with van der Waals surface area (Å²) in [6.07, 6.45) is 3.28. The quantitative estimate of drug-likeness (QED) is 0.859. The van der Waals surface area contributed by atoms with Crippen LogP contribution in [0.25, 0.3) is 6.08 Å². The summed E-state index contributed by atoms with van der Waals surface area (Å²) in [5.41, 5.74) is 1.96. The molecule has 0 saturated carbocycles. The lowest BCUT2D eigenvalue weighted by Crippen LogP contribution is -2.19. The Morgan fingerprint density at radius 2 is 2.20 bits per heavy atom. The predicted octanol–water partition coefficient (Wildman–Crippen LogP) is 3.48. The van der Waals surface area contributed by atoms with Gasteiger partial charge in [0.15, 0.2) is 5.17 Å². The van der Waals surface area contributed by atoms with Gasteiger partial charge in [0.1, 0.15) is 5.76 Å². The molecule has 2 heterocycles. The normalized spacial score (nSPS) is 18.8. The fourth-order valence-electron chi connectivity index (χ4n) is 1.80. The van der Waals surface area contributed by atoms with Crippen LogP contribution in [0, 0.1) is 6.92 Å². The Hall–Kier alpha value is -2.27. The van der Waals surface area contributed by atoms with Crippen molar-refractivity contribution < 1.29 is 9.21 Å². The minimum atomic E-state index is -0.155. The van der Waals surface area contributed by atoms with Crippen molar-refractivity contribution in [3.8, 4) is 0 Å². The molecular weight excluding hydrogens is 272 g/mol. The second-order valence-electron chi connectivity index (χ2n) is 4.34. The summed E-state index contributed by atoms with van der Waals surface area (Å²) in [6.45, 7) is 2.01. The number of benzene rings is 1. The molecule has 0 unspecified atom stereocenters. The van der Waals surface area contributed by atoms with E-state index in [4.69, 9.17) is 4.42 Å². The first-order valence-corrected chi connectivity index (χ1v) is 6.92. The topological polar surface area (TPSA) is 54.6 Å². The van der Waals surface area contributed by atoms with Gasteiger partial charge in [-0.3, -0.25) is 4.79 Å². The molecule has 0 radical (unpaired) electrons. The molecule has 0 aliphatic carbocycles. The van der Waals surface area contributed by atoms with Gasteiger partial charge in [-0.1, -0.05) is 12.1 Å². The molecule has 0 atom stereocenters. The van der Waals surface area contributed by atoms with E-state index >= 15 is 0 Å². The van der Waals surface area contributed by atoms with Crippen LogP contribution in [0.3, 0.4) is 0 Å². The third-order valence-corrected chi connectivity index (χ3v) is 3.61. The lowest BCUT2D eigenvalue weighted by atomic mass is 10.2. The van der Waals surface area contributed by atoms with Gasteiger partial charge < -0.3 is 9.73 Å². The number of carbonyl (C=O) groups excluding carboxylic acids is 1. The standard InChI is InChI=1S/C15H12N2O2S/c1-10-4-2-5-11(8-10)16-15-17-14(18)13(20-15)9-12-6-3-7-19-12/h2-9H,1H3,(H,16,17,18)/b13-9-. The number of carbonyl (C=O) groups is 1. The van der Waals surface area contributed by atoms with E-state index in [1.807, 2.05) is 31.2 Å². The lowest BCUT2D eigenvalue weighted by Gasteiger charge is -1.97. The zero-order valence-corrected chi connectivity index (χ0v) is 11.6. The Morgan fingerprint density at radius 1 is 1.30 bits per heavy atom. The molecule has 2 aromatic rings. The third kappa shape index (κ3) is 2.83. The van der Waals surface area contributed by atoms with Crippen molar-refractivity contribution in [3.05, 3.63) is 58.9 Å². The van der Waals surface area contributed by atoms with Crippen LogP contribution in [0.4, 0.5) is 5.69 Å². The number of nitrogens with zero attached hydrogens (tertiary/aromatic N) is 1. The average molecular weight is 284 g/mol. The van der Waals surface area contributed by atoms with Crippen molar-refractivity contribution in [2.24, 2.45) is 4.99 Å². The van der Waals surface area contributed by atoms with Gasteiger partial charge in [0, 0.05) is 6.08 Å². The molecule has 1 amide bonds. The van der Waals surface area contributed by atoms with E-state index in [-0.39, 0.29) is 5.91 Å². The van der Waals surface area contributed by atoms with Crippen LogP contribution in [0.5, 0.6) is 0 Å². The molecule has 1 N–H and O–H groups in total. The minimum absolute atomic E-state index is 0.155. The SMILES string of the molecule is Cc1cccc(N=C2NC(=O)/C(=C/c3ccco3)S2)c1. The number of amides is 1. The van der Waals surface area contributed by atoms with E-state index in [1.165, 1.54) is 11.8 Å². The molecule has 5 heteroatoms. The van der Waals surface area contributed by atoms with Gasteiger partial charge in [-0.05, 0) is 48.5 Å². The molecule has 0 spiro atoms. The van der Waals surface area contributed by atoms with Crippen molar-refractivity contribution in [3.63, 3.8) is 0 Å². The van der Waals surface area contributed by atoms with Crippen LogP contribution in [0.2, 0.25) is 0 Å². The summed E-state index contributed by atoms with van der Waals surface area (Å²) in [4.78, 5) is 16.8. The second kappa shape index (κ2) is 5.38. The Morgan fingerprint density at radius 3 is 2.95 bits per heavy atom. The first kappa shape index (κ1) is 12.7. The van der Waals surface area contributed by atoms with Crippen molar-refractivity contribution in [1.29, 1.82) is 0 Å². The number of thioether (sulfide) groups is 1. The maximum atomic E-state index is 11.8. The maximum Gasteiger partial charge on any atom is 0.264 e. The van der Waals surface area contributed by atoms with E-state index in [1.54, 1.807) is 24.5 Å². The summed E-state index contributed by atoms with van der Waals surface area (Å²) in [7, 11) is 0. The molecule has 1 saturated heterocycles. The average Bonchev–Trinajstić information content (AvgIpc) is 3.01. The fourth-order valence-corrected chi connectivity index (χ4v) is 2.62. The number of amidine groups is 1. The summed E-state index contributed by atoms with van der Waals surface area (Å²) < 4.78 is 5.20. The number of aryl methyl sites for hydroxylation is 1. The highest BCUT2D eigenvalue weighted by molar-refractivity contribution is 8.18. The second-order valence-corrected chi connectivity index (χ2v) is 5.37. The number of hydrogen-bond donors (Lipinski definition) is 1. The van der Waals surface area contributed by atoms with Crippen LogP contribution in [0.1, 0.15) is 11.3 Å². The van der Waals surface area contributed by atoms with Crippen molar-refractivity contribution in [2.75, 3.05) is 0 Å². The van der Waals surface area contributed by atoms with Crippen LogP contribution < -0.4 is 5.32 Å². The van der Waals surface area contributed by atoms with Gasteiger partial charge in [0.25, 0.3) is 5.91 Å². The van der Waals surface area contributed by atoms with Gasteiger partial charge in [0.2, 0.25) is 0 Å². The van der Waals surface area contributed by atoms with Gasteiger partial charge in [0.05, 0.1) is 16.9 Å². The smallest absolute Gasteiger partial charge is 0.264 e. The molecule has 1 aliphatic rings. The largest absolute Gasteiger partial charge is 0.465 e. The molecule has 3 rings (SSSR count). The number of furan rings is 1. The number of hydrogen-bond acceptors (Lipinski definition) is 4. The molecule has 0 bridgehead atoms. The van der Waals surface area contributed by atoms with Crippen molar-refractivity contribution in [1.82, 2.24) is 5.32 Å². The Labute approximate surface area is 120 Å². The highest BCUT2D eigenvalue weighted by atomic mass is 32.2. The summed E-state index contributed by atoms with van der Waals surface area (Å²) in [5, 5.41) is 3.33. The molecule has 4 nitrogen and oxygen atoms in total. The van der Waals surface area contributed by atoms with Crippen LogP contribution >= 0.6 is 11.8 Å². The fraction of sp³-hybridized carbons (Fsp3) is 0.0667. The summed E-state index contributed by atoms with van der Waals surface area (Å²) >= 11 is 1.31. The van der Waals surface area contributed by atoms with Crippen LogP contribution in [-0.2, 0) is 4.79 Å². The molecule has 20 heavy (non-hydrogen) atoms. The number of aliphatic imine (C=N–C) groups is 1. The Kier molecular flexibility index (Phi) is 3.43. The van der Waals surface area contributed by atoms with E-state index in [0.29, 0.717) is 15.8 Å². The van der Waals surface area contributed by atoms with Gasteiger partial charge in [-0.15, -0.1) is 0 Å². The van der Waals surface area contributed by atoms with Crippen molar-refractivity contribution in [2.45, 2.75) is 6.92 Å². The lowest BCUT2D eigenvalue weighted by molar-refractivity contribution is -0.115. The first-order valence-electron chi connectivity index (χ1n) is 6.10. The zero-order chi connectivity index (χ0) is 13.9. The third-order valence-electron chi connectivity index (χ3n) is 2.70. The summed E-state index contributed by atoms with van der Waals surface area (Å²) in [5.74, 6) is 0.497. The molecule has 100 valence electrons. The van der Waals surface area contributed by atoms with E-state index in [9.17, 15) is 4.79 Å². The number of rotatable bonds is 2. The van der Waals surface area contributed by atoms with E-state index < -0.39 is 0 Å². The van der Waals surface area contributed by atoms with Crippen molar-refractivity contribution >= 4 is 34.6 Å². The van der Waals surface area contributed by atoms with Gasteiger partial charge in [-0.25, -0.2) is 4.99 Å². The van der Waals surface area contributed by atoms with Gasteiger partial charge in [-0.2, -0.15) is 0 Å². The minimum Gasteiger partial charge on any atom is -0.465 e. The highest BCUT2D eigenvalue weighted by Gasteiger charge is 2.24. The number of nitrogens with one attached hydrogen (secondary N) is 1. The molecular formula is C15H12N2O2S. The monoisotopic (exact) mass is 284 g/mol. The van der Waals surface area contributed by atoms with Gasteiger partial charge >= 0.3 is 0 Å². The molecule has 1 aromatic heterocycles. The summed E-state index contributed by atoms with van der Waals surface area (Å²) in [6, 6.07) is 11.4. The first-order chi connectivity index (χ1) is 9.70. The van der Waals surface area contributed by atoms with E-state index in [0.717, 1.165) is 11.3 Å². The highest BCUT2D eigenvalue weighted by Crippen LogP contribution is 2.28. The Bertz CT molecular complexity index is 702. The zero-order valence-electron chi connectivity index (χ0n) is 10.8.